The van der Waals surface area contributed by atoms with Gasteiger partial charge in [-0.25, -0.2) is 9.78 Å². The van der Waals surface area contributed by atoms with Gasteiger partial charge in [-0.2, -0.15) is 0 Å². The van der Waals surface area contributed by atoms with Gasteiger partial charge in [-0.15, -0.1) is 0 Å². The van der Waals surface area contributed by atoms with E-state index >= 15 is 0 Å². The first-order valence-corrected chi connectivity index (χ1v) is 12.1. The van der Waals surface area contributed by atoms with Crippen LogP contribution in [0, 0.1) is 0 Å². The van der Waals surface area contributed by atoms with E-state index < -0.39 is 5.60 Å². The van der Waals surface area contributed by atoms with Crippen LogP contribution in [0.25, 0.3) is 0 Å². The smallest absolute Gasteiger partial charge is 0.410 e. The van der Waals surface area contributed by atoms with Crippen molar-refractivity contribution in [2.75, 3.05) is 42.9 Å². The highest BCUT2D eigenvalue weighted by atomic mass is 16.6. The summed E-state index contributed by atoms with van der Waals surface area (Å²) in [6.45, 7) is 9.96. The topological polar surface area (TPSA) is 78.0 Å². The van der Waals surface area contributed by atoms with Crippen molar-refractivity contribution in [1.82, 2.24) is 14.8 Å². The predicted molar refractivity (Wildman–Crippen MR) is 133 cm³/mol. The fourth-order valence-electron chi connectivity index (χ4n) is 4.46. The summed E-state index contributed by atoms with van der Waals surface area (Å²) in [6, 6.07) is 14.0. The zero-order chi connectivity index (χ0) is 24.1. The van der Waals surface area contributed by atoms with E-state index in [-0.39, 0.29) is 18.0 Å². The average molecular weight is 466 g/mol. The third-order valence-corrected chi connectivity index (χ3v) is 6.19. The van der Waals surface area contributed by atoms with Crippen LogP contribution < -0.4 is 10.2 Å². The van der Waals surface area contributed by atoms with Crippen molar-refractivity contribution in [3.8, 4) is 0 Å². The van der Waals surface area contributed by atoms with Crippen LogP contribution in [0.1, 0.15) is 39.2 Å². The number of piperazine rings is 1. The van der Waals surface area contributed by atoms with Crippen LogP contribution in [0.15, 0.2) is 48.7 Å². The molecule has 0 aliphatic carbocycles. The number of pyridine rings is 1. The van der Waals surface area contributed by atoms with Gasteiger partial charge in [0.15, 0.2) is 0 Å². The number of carbonyl (C=O) groups is 2. The highest BCUT2D eigenvalue weighted by molar-refractivity contribution is 5.94. The van der Waals surface area contributed by atoms with Gasteiger partial charge in [-0.3, -0.25) is 9.69 Å². The molecule has 3 heterocycles. The van der Waals surface area contributed by atoms with Crippen molar-refractivity contribution in [1.29, 1.82) is 0 Å². The molecular formula is C26H35N5O3. The summed E-state index contributed by atoms with van der Waals surface area (Å²) in [4.78, 5) is 35.9. The molecule has 1 aromatic heterocycles. The van der Waals surface area contributed by atoms with E-state index in [1.54, 1.807) is 11.1 Å². The molecule has 0 saturated carbocycles. The molecule has 2 fully saturated rings. The molecule has 8 nitrogen and oxygen atoms in total. The molecule has 1 atom stereocenters. The molecule has 182 valence electrons. The van der Waals surface area contributed by atoms with Crippen LogP contribution in [-0.4, -0.2) is 71.2 Å². The molecule has 8 heteroatoms. The summed E-state index contributed by atoms with van der Waals surface area (Å²) >= 11 is 0. The Balaban J connectivity index is 1.28. The second-order valence-electron chi connectivity index (χ2n) is 9.96. The maximum Gasteiger partial charge on any atom is 0.410 e. The van der Waals surface area contributed by atoms with E-state index in [4.69, 9.17) is 4.74 Å². The van der Waals surface area contributed by atoms with E-state index in [2.05, 4.69) is 32.2 Å². The Morgan fingerprint density at radius 3 is 2.41 bits per heavy atom. The lowest BCUT2D eigenvalue weighted by molar-refractivity contribution is -0.120. The van der Waals surface area contributed by atoms with Crippen LogP contribution in [-0.2, 0) is 16.1 Å². The first kappa shape index (κ1) is 24.0. The fraction of sp³-hybridized carbons (Fsp3) is 0.500. The van der Waals surface area contributed by atoms with E-state index in [0.717, 1.165) is 31.6 Å². The lowest BCUT2D eigenvalue weighted by atomic mass is 10.1. The first-order valence-electron chi connectivity index (χ1n) is 12.1. The minimum Gasteiger partial charge on any atom is -0.444 e. The summed E-state index contributed by atoms with van der Waals surface area (Å²) in [5, 5.41) is 2.99. The quantitative estimate of drug-likeness (QED) is 0.725. The second-order valence-corrected chi connectivity index (χ2v) is 9.96. The van der Waals surface area contributed by atoms with Crippen LogP contribution >= 0.6 is 0 Å². The average Bonchev–Trinajstić information content (AvgIpc) is 3.27. The zero-order valence-electron chi connectivity index (χ0n) is 20.4. The number of hydrogen-bond donors (Lipinski definition) is 1. The molecule has 0 spiro atoms. The molecule has 1 N–H and O–H groups in total. The van der Waals surface area contributed by atoms with Crippen LogP contribution in [0.2, 0.25) is 0 Å². The number of benzene rings is 1. The van der Waals surface area contributed by atoms with Gasteiger partial charge in [0, 0.05) is 32.7 Å². The second kappa shape index (κ2) is 10.4. The minimum absolute atomic E-state index is 0.000318. The number of hydrogen-bond acceptors (Lipinski definition) is 6. The maximum atomic E-state index is 12.9. The fourth-order valence-corrected chi connectivity index (χ4v) is 4.46. The molecule has 2 aliphatic heterocycles. The van der Waals surface area contributed by atoms with Crippen LogP contribution in [0.4, 0.5) is 16.3 Å². The number of ether oxygens (including phenoxy) is 1. The standard InChI is InChI=1S/C26H35N5O3/c1-26(2,3)34-25(33)30-16-14-29(15-17-30)21-11-12-23(27-18-21)28-24(32)22-10-7-13-31(22)19-20-8-5-4-6-9-20/h4-6,8-9,11-12,18,22H,7,10,13-17,19H2,1-3H3,(H,27,28,32). The number of rotatable bonds is 5. The van der Waals surface area contributed by atoms with Gasteiger partial charge in [-0.1, -0.05) is 30.3 Å². The third kappa shape index (κ3) is 6.26. The number of nitrogens with one attached hydrogen (secondary N) is 1. The number of anilines is 2. The van der Waals surface area contributed by atoms with Gasteiger partial charge in [0.2, 0.25) is 5.91 Å². The number of carbonyl (C=O) groups excluding carboxylic acids is 2. The summed E-state index contributed by atoms with van der Waals surface area (Å²) in [6.07, 6.45) is 3.40. The minimum atomic E-state index is -0.491. The number of nitrogens with zero attached hydrogens (tertiary/aromatic N) is 4. The Bertz CT molecular complexity index is 966. The van der Waals surface area contributed by atoms with Crippen molar-refractivity contribution in [2.24, 2.45) is 0 Å². The van der Waals surface area contributed by atoms with Crippen LogP contribution in [0.3, 0.4) is 0 Å². The van der Waals surface area contributed by atoms with E-state index in [1.807, 2.05) is 51.1 Å². The van der Waals surface area contributed by atoms with Gasteiger partial charge in [0.25, 0.3) is 0 Å². The highest BCUT2D eigenvalue weighted by Gasteiger charge is 2.31. The predicted octanol–water partition coefficient (Wildman–Crippen LogP) is 3.74. The number of likely N-dealkylation sites (tertiary alicyclic amines) is 1. The Labute approximate surface area is 201 Å². The molecule has 2 aromatic rings. The third-order valence-electron chi connectivity index (χ3n) is 6.19. The van der Waals surface area contributed by atoms with Gasteiger partial charge < -0.3 is 19.9 Å². The Hall–Kier alpha value is -3.13. The highest BCUT2D eigenvalue weighted by Crippen LogP contribution is 2.23. The summed E-state index contributed by atoms with van der Waals surface area (Å²) in [5.74, 6) is 0.562. The maximum absolute atomic E-state index is 12.9. The number of aromatic nitrogens is 1. The summed E-state index contributed by atoms with van der Waals surface area (Å²) in [7, 11) is 0. The molecule has 0 radical (unpaired) electrons. The van der Waals surface area contributed by atoms with E-state index in [9.17, 15) is 9.59 Å². The molecule has 34 heavy (non-hydrogen) atoms. The van der Waals surface area contributed by atoms with Gasteiger partial charge in [-0.05, 0) is 57.9 Å². The van der Waals surface area contributed by atoms with Crippen molar-refractivity contribution in [2.45, 2.75) is 51.8 Å². The van der Waals surface area contributed by atoms with Crippen molar-refractivity contribution in [3.63, 3.8) is 0 Å². The SMILES string of the molecule is CC(C)(C)OC(=O)N1CCN(c2ccc(NC(=O)C3CCCN3Cc3ccccc3)nc2)CC1. The van der Waals surface area contributed by atoms with Gasteiger partial charge in [0.05, 0.1) is 17.9 Å². The largest absolute Gasteiger partial charge is 0.444 e. The molecule has 1 unspecified atom stereocenters. The molecule has 1 aromatic carbocycles. The van der Waals surface area contributed by atoms with Gasteiger partial charge >= 0.3 is 6.09 Å². The summed E-state index contributed by atoms with van der Waals surface area (Å²) < 4.78 is 5.47. The zero-order valence-corrected chi connectivity index (χ0v) is 20.4. The monoisotopic (exact) mass is 465 g/mol. The lowest BCUT2D eigenvalue weighted by Crippen LogP contribution is -2.50. The molecule has 2 aliphatic rings. The summed E-state index contributed by atoms with van der Waals surface area (Å²) in [5.41, 5.74) is 1.71. The van der Waals surface area contributed by atoms with Crippen molar-refractivity contribution >= 4 is 23.5 Å². The van der Waals surface area contributed by atoms with Gasteiger partial charge in [0.1, 0.15) is 11.4 Å². The van der Waals surface area contributed by atoms with Crippen LogP contribution in [0.5, 0.6) is 0 Å². The molecule has 0 bridgehead atoms. The first-order chi connectivity index (χ1) is 16.3. The Morgan fingerprint density at radius 2 is 1.76 bits per heavy atom. The van der Waals surface area contributed by atoms with E-state index in [1.165, 1.54) is 5.56 Å². The molecular weight excluding hydrogens is 430 g/mol. The molecule has 4 rings (SSSR count). The van der Waals surface area contributed by atoms with Crippen molar-refractivity contribution in [3.05, 3.63) is 54.2 Å². The number of amides is 2. The lowest BCUT2D eigenvalue weighted by Gasteiger charge is -2.36. The Kier molecular flexibility index (Phi) is 7.36. The molecule has 2 amide bonds. The van der Waals surface area contributed by atoms with Crippen molar-refractivity contribution < 1.29 is 14.3 Å². The normalized spacial score (nSPS) is 19.2. The van der Waals surface area contributed by atoms with E-state index in [0.29, 0.717) is 32.0 Å². The Morgan fingerprint density at radius 1 is 1.03 bits per heavy atom. The molecule has 2 saturated heterocycles.